The van der Waals surface area contributed by atoms with Gasteiger partial charge in [-0.3, -0.25) is 9.69 Å². The van der Waals surface area contributed by atoms with E-state index in [9.17, 15) is 13.6 Å². The number of benzene rings is 1. The fraction of sp³-hybridized carbons (Fsp3) is 0.533. The van der Waals surface area contributed by atoms with Crippen LogP contribution >= 0.6 is 0 Å². The third kappa shape index (κ3) is 4.75. The zero-order valence-electron chi connectivity index (χ0n) is 11.9. The predicted molar refractivity (Wildman–Crippen MR) is 76.5 cm³/mol. The molecular formula is C15H21F2N3O. The maximum Gasteiger partial charge on any atom is 0.221 e. The third-order valence-electron chi connectivity index (χ3n) is 3.71. The van der Waals surface area contributed by atoms with Gasteiger partial charge in [-0.15, -0.1) is 0 Å². The lowest BCUT2D eigenvalue weighted by Crippen LogP contribution is -2.44. The van der Waals surface area contributed by atoms with Gasteiger partial charge in [-0.05, 0) is 30.5 Å². The number of nitrogens with two attached hydrogens (primary N) is 1. The normalized spacial score (nSPS) is 16.9. The van der Waals surface area contributed by atoms with Gasteiger partial charge in [0, 0.05) is 38.6 Å². The van der Waals surface area contributed by atoms with E-state index in [4.69, 9.17) is 5.73 Å². The Hall–Kier alpha value is -1.53. The average Bonchev–Trinajstić information content (AvgIpc) is 2.45. The van der Waals surface area contributed by atoms with Crippen molar-refractivity contribution in [3.8, 4) is 0 Å². The average molecular weight is 297 g/mol. The molecule has 0 radical (unpaired) electrons. The summed E-state index contributed by atoms with van der Waals surface area (Å²) in [4.78, 5) is 13.7. The third-order valence-corrected chi connectivity index (χ3v) is 3.71. The molecule has 1 aliphatic heterocycles. The largest absolute Gasteiger partial charge is 0.353 e. The van der Waals surface area contributed by atoms with Crippen molar-refractivity contribution in [2.45, 2.75) is 31.8 Å². The molecule has 3 N–H and O–H groups in total. The minimum Gasteiger partial charge on any atom is -0.353 e. The van der Waals surface area contributed by atoms with Gasteiger partial charge in [-0.25, -0.2) is 8.78 Å². The smallest absolute Gasteiger partial charge is 0.221 e. The van der Waals surface area contributed by atoms with E-state index in [2.05, 4.69) is 10.2 Å². The Morgan fingerprint density at radius 2 is 2.00 bits per heavy atom. The highest BCUT2D eigenvalue weighted by molar-refractivity contribution is 5.76. The van der Waals surface area contributed by atoms with Gasteiger partial charge in [0.15, 0.2) is 11.6 Å². The van der Waals surface area contributed by atoms with Crippen LogP contribution in [0.1, 0.15) is 24.8 Å². The van der Waals surface area contributed by atoms with E-state index in [0.29, 0.717) is 19.5 Å². The van der Waals surface area contributed by atoms with Crippen LogP contribution in [0.25, 0.3) is 0 Å². The lowest BCUT2D eigenvalue weighted by molar-refractivity contribution is -0.121. The van der Waals surface area contributed by atoms with Crippen molar-refractivity contribution >= 4 is 5.91 Å². The molecule has 4 nitrogen and oxygen atoms in total. The second-order valence-corrected chi connectivity index (χ2v) is 5.41. The van der Waals surface area contributed by atoms with E-state index in [-0.39, 0.29) is 11.9 Å². The molecule has 0 aromatic heterocycles. The summed E-state index contributed by atoms with van der Waals surface area (Å²) in [5, 5.41) is 2.97. The van der Waals surface area contributed by atoms with E-state index in [1.807, 2.05) is 0 Å². The van der Waals surface area contributed by atoms with Gasteiger partial charge in [0.1, 0.15) is 0 Å². The van der Waals surface area contributed by atoms with Crippen LogP contribution in [0.2, 0.25) is 0 Å². The van der Waals surface area contributed by atoms with Crippen LogP contribution in [0.4, 0.5) is 8.78 Å². The molecule has 116 valence electrons. The first kappa shape index (κ1) is 15.9. The van der Waals surface area contributed by atoms with Crippen LogP contribution in [-0.2, 0) is 11.3 Å². The summed E-state index contributed by atoms with van der Waals surface area (Å²) in [6.45, 7) is 2.61. The van der Waals surface area contributed by atoms with Crippen LogP contribution < -0.4 is 11.1 Å². The summed E-state index contributed by atoms with van der Waals surface area (Å²) in [7, 11) is 0. The Morgan fingerprint density at radius 1 is 1.29 bits per heavy atom. The fourth-order valence-corrected chi connectivity index (χ4v) is 2.56. The van der Waals surface area contributed by atoms with Crippen molar-refractivity contribution in [1.82, 2.24) is 10.2 Å². The highest BCUT2D eigenvalue weighted by atomic mass is 19.2. The van der Waals surface area contributed by atoms with Crippen molar-refractivity contribution < 1.29 is 13.6 Å². The number of halogens is 2. The Morgan fingerprint density at radius 3 is 2.62 bits per heavy atom. The van der Waals surface area contributed by atoms with Crippen LogP contribution in [0, 0.1) is 11.6 Å². The number of amides is 1. The predicted octanol–water partition coefficient (Wildman–Crippen LogP) is 1.39. The van der Waals surface area contributed by atoms with Crippen LogP contribution in [0.3, 0.4) is 0 Å². The number of piperidine rings is 1. The molecule has 1 amide bonds. The van der Waals surface area contributed by atoms with Crippen molar-refractivity contribution in [2.75, 3.05) is 19.6 Å². The molecule has 0 atom stereocenters. The Labute approximate surface area is 123 Å². The summed E-state index contributed by atoms with van der Waals surface area (Å²) in [6.07, 6.45) is 2.08. The number of nitrogens with one attached hydrogen (secondary N) is 1. The van der Waals surface area contributed by atoms with Gasteiger partial charge in [-0.1, -0.05) is 6.07 Å². The molecule has 1 heterocycles. The standard InChI is InChI=1S/C15H21F2N3O/c16-13-2-1-11(9-14(13)17)10-20-7-4-12(5-8-20)19-15(21)3-6-18/h1-2,9,12H,3-8,10,18H2,(H,19,21). The van der Waals surface area contributed by atoms with E-state index in [0.717, 1.165) is 37.6 Å². The molecule has 0 saturated carbocycles. The highest BCUT2D eigenvalue weighted by Crippen LogP contribution is 2.15. The SMILES string of the molecule is NCCC(=O)NC1CCN(Cc2ccc(F)c(F)c2)CC1. The van der Waals surface area contributed by atoms with Gasteiger partial charge in [0.2, 0.25) is 5.91 Å². The van der Waals surface area contributed by atoms with Gasteiger partial charge in [0.25, 0.3) is 0 Å². The summed E-state index contributed by atoms with van der Waals surface area (Å²) < 4.78 is 26.0. The molecule has 1 fully saturated rings. The molecule has 0 spiro atoms. The van der Waals surface area contributed by atoms with Crippen molar-refractivity contribution in [3.05, 3.63) is 35.4 Å². The lowest BCUT2D eigenvalue weighted by atomic mass is 10.0. The second kappa shape index (κ2) is 7.47. The summed E-state index contributed by atoms with van der Waals surface area (Å²) >= 11 is 0. The minimum atomic E-state index is -0.819. The van der Waals surface area contributed by atoms with Gasteiger partial charge in [-0.2, -0.15) is 0 Å². The molecular weight excluding hydrogens is 276 g/mol. The first-order valence-electron chi connectivity index (χ1n) is 7.24. The van der Waals surface area contributed by atoms with E-state index >= 15 is 0 Å². The van der Waals surface area contributed by atoms with E-state index < -0.39 is 11.6 Å². The van der Waals surface area contributed by atoms with E-state index in [1.165, 1.54) is 6.07 Å². The number of carbonyl (C=O) groups is 1. The molecule has 0 aliphatic carbocycles. The number of nitrogens with zero attached hydrogens (tertiary/aromatic N) is 1. The summed E-state index contributed by atoms with van der Waals surface area (Å²) in [5.74, 6) is -1.63. The Balaban J connectivity index is 1.78. The molecule has 1 aromatic carbocycles. The van der Waals surface area contributed by atoms with Gasteiger partial charge < -0.3 is 11.1 Å². The fourth-order valence-electron chi connectivity index (χ4n) is 2.56. The summed E-state index contributed by atoms with van der Waals surface area (Å²) in [5.41, 5.74) is 6.10. The number of likely N-dealkylation sites (tertiary alicyclic amines) is 1. The van der Waals surface area contributed by atoms with Crippen molar-refractivity contribution in [2.24, 2.45) is 5.73 Å². The number of hydrogen-bond donors (Lipinski definition) is 2. The number of carbonyl (C=O) groups excluding carboxylic acids is 1. The minimum absolute atomic E-state index is 0.00319. The lowest BCUT2D eigenvalue weighted by Gasteiger charge is -2.32. The van der Waals surface area contributed by atoms with Crippen LogP contribution in [0.15, 0.2) is 18.2 Å². The number of hydrogen-bond acceptors (Lipinski definition) is 3. The van der Waals surface area contributed by atoms with Crippen molar-refractivity contribution in [1.29, 1.82) is 0 Å². The van der Waals surface area contributed by atoms with Gasteiger partial charge in [0.05, 0.1) is 0 Å². The molecule has 21 heavy (non-hydrogen) atoms. The molecule has 0 bridgehead atoms. The van der Waals surface area contributed by atoms with Crippen LogP contribution in [-0.4, -0.2) is 36.5 Å². The molecule has 1 saturated heterocycles. The zero-order valence-corrected chi connectivity index (χ0v) is 11.9. The maximum atomic E-state index is 13.2. The first-order valence-corrected chi connectivity index (χ1v) is 7.24. The quantitative estimate of drug-likeness (QED) is 0.863. The Bertz CT molecular complexity index is 488. The Kier molecular flexibility index (Phi) is 5.64. The van der Waals surface area contributed by atoms with Crippen molar-refractivity contribution in [3.63, 3.8) is 0 Å². The first-order chi connectivity index (χ1) is 10.1. The summed E-state index contributed by atoms with van der Waals surface area (Å²) in [6, 6.07) is 4.19. The molecule has 1 aromatic rings. The molecule has 2 rings (SSSR count). The molecule has 6 heteroatoms. The number of rotatable bonds is 5. The van der Waals surface area contributed by atoms with Crippen LogP contribution in [0.5, 0.6) is 0 Å². The monoisotopic (exact) mass is 297 g/mol. The second-order valence-electron chi connectivity index (χ2n) is 5.41. The highest BCUT2D eigenvalue weighted by Gasteiger charge is 2.20. The maximum absolute atomic E-state index is 13.2. The topological polar surface area (TPSA) is 58.4 Å². The van der Waals surface area contributed by atoms with Gasteiger partial charge >= 0.3 is 0 Å². The van der Waals surface area contributed by atoms with E-state index in [1.54, 1.807) is 6.07 Å². The molecule has 0 unspecified atom stereocenters. The zero-order chi connectivity index (χ0) is 15.2. The molecule has 1 aliphatic rings.